The van der Waals surface area contributed by atoms with E-state index in [2.05, 4.69) is 4.99 Å². The van der Waals surface area contributed by atoms with E-state index < -0.39 is 5.62 Å². The highest BCUT2D eigenvalue weighted by molar-refractivity contribution is 6.65. The number of nitrogens with zero attached hydrogens (tertiary/aromatic N) is 3. The monoisotopic (exact) mass is 210 g/mol. The van der Waals surface area contributed by atoms with Crippen LogP contribution in [0.2, 0.25) is 0 Å². The molecule has 0 aliphatic carbocycles. The fourth-order valence-corrected chi connectivity index (χ4v) is 1.80. The second-order valence-electron chi connectivity index (χ2n) is 2.57. The number of amidine groups is 1. The molecule has 1 rings (SSSR count). The third-order valence-corrected chi connectivity index (χ3v) is 2.58. The van der Waals surface area contributed by atoms with Crippen LogP contribution in [0.4, 0.5) is 0 Å². The molecule has 0 spiro atoms. The zero-order valence-corrected chi connectivity index (χ0v) is 8.55. The molecule has 0 aromatic heterocycles. The Balaban J connectivity index is 2.84. The second kappa shape index (κ2) is 3.79. The minimum atomic E-state index is -0.407. The molecule has 1 aliphatic rings. The number of nitrogens with two attached hydrogens (primary N) is 1. The van der Waals surface area contributed by atoms with Gasteiger partial charge in [-0.25, -0.2) is 4.99 Å². The molecule has 4 nitrogen and oxygen atoms in total. The number of rotatable bonds is 1. The highest BCUT2D eigenvalue weighted by Gasteiger charge is 2.30. The summed E-state index contributed by atoms with van der Waals surface area (Å²) >= 11 is 11.8. The van der Waals surface area contributed by atoms with Gasteiger partial charge in [0.05, 0.1) is 0 Å². The topological polar surface area (TPSA) is 44.9 Å². The van der Waals surface area contributed by atoms with Gasteiger partial charge in [0.1, 0.15) is 6.17 Å². The maximum absolute atomic E-state index is 5.98. The van der Waals surface area contributed by atoms with Gasteiger partial charge >= 0.3 is 0 Å². The molecule has 2 atom stereocenters. The van der Waals surface area contributed by atoms with Gasteiger partial charge in [-0.2, -0.15) is 5.01 Å². The van der Waals surface area contributed by atoms with Gasteiger partial charge in [0, 0.05) is 6.54 Å². The average molecular weight is 211 g/mol. The Kier molecular flexibility index (Phi) is 3.17. The molecule has 0 aromatic carbocycles. The van der Waals surface area contributed by atoms with Gasteiger partial charge in [0.25, 0.3) is 0 Å². The van der Waals surface area contributed by atoms with Crippen LogP contribution >= 0.6 is 23.2 Å². The van der Waals surface area contributed by atoms with E-state index in [9.17, 15) is 0 Å². The Morgan fingerprint density at radius 3 is 2.75 bits per heavy atom. The smallest absolute Gasteiger partial charge is 0.197 e. The molecule has 2 unspecified atom stereocenters. The number of hydrogen-bond acceptors (Lipinski definition) is 4. The molecule has 0 saturated carbocycles. The third-order valence-electron chi connectivity index (χ3n) is 1.81. The molecule has 2 N–H and O–H groups in total. The van der Waals surface area contributed by atoms with Gasteiger partial charge in [0.2, 0.25) is 0 Å². The quantitative estimate of drug-likeness (QED) is 0.399. The molecule has 0 aromatic rings. The summed E-state index contributed by atoms with van der Waals surface area (Å²) in [4.78, 5) is 5.80. The zero-order chi connectivity index (χ0) is 9.30. The van der Waals surface area contributed by atoms with E-state index in [0.29, 0.717) is 11.8 Å². The van der Waals surface area contributed by atoms with E-state index in [1.165, 1.54) is 5.01 Å². The predicted molar refractivity (Wildman–Crippen MR) is 50.8 cm³/mol. The molecular formula is C6H12Cl2N4. The lowest BCUT2D eigenvalue weighted by Crippen LogP contribution is -2.56. The largest absolute Gasteiger partial charge is 0.317 e. The lowest BCUT2D eigenvalue weighted by molar-refractivity contribution is 0.102. The Morgan fingerprint density at radius 1 is 1.67 bits per heavy atom. The summed E-state index contributed by atoms with van der Waals surface area (Å²) in [5.41, 5.74) is -0.407. The van der Waals surface area contributed by atoms with E-state index in [1.54, 1.807) is 4.90 Å². The fourth-order valence-electron chi connectivity index (χ4n) is 1.00. The van der Waals surface area contributed by atoms with Crippen LogP contribution in [-0.4, -0.2) is 33.5 Å². The number of hydrogen-bond donors (Lipinski definition) is 1. The van der Waals surface area contributed by atoms with Crippen LogP contribution in [0.25, 0.3) is 0 Å². The molecule has 0 radical (unpaired) electrons. The summed E-state index contributed by atoms with van der Waals surface area (Å²) in [5.74, 6) is 5.64. The van der Waals surface area contributed by atoms with Gasteiger partial charge in [-0.05, 0) is 25.4 Å². The maximum Gasteiger partial charge on any atom is 0.197 e. The molecule has 1 aliphatic heterocycles. The molecule has 0 fully saturated rings. The molecule has 0 bridgehead atoms. The van der Waals surface area contributed by atoms with Crippen LogP contribution in [0.3, 0.4) is 0 Å². The SMILES string of the molecule is CCN1C(Cl)=NC(C)N(N)C1Cl. The first-order chi connectivity index (χ1) is 5.57. The molecule has 70 valence electrons. The van der Waals surface area contributed by atoms with Crippen LogP contribution < -0.4 is 5.84 Å². The molecule has 6 heteroatoms. The Bertz CT molecular complexity index is 196. The van der Waals surface area contributed by atoms with Crippen LogP contribution in [0.15, 0.2) is 4.99 Å². The van der Waals surface area contributed by atoms with E-state index in [1.807, 2.05) is 13.8 Å². The highest BCUT2D eigenvalue weighted by Crippen LogP contribution is 2.19. The van der Waals surface area contributed by atoms with Crippen LogP contribution in [-0.2, 0) is 0 Å². The number of hydrazine groups is 1. The van der Waals surface area contributed by atoms with E-state index >= 15 is 0 Å². The van der Waals surface area contributed by atoms with Gasteiger partial charge < -0.3 is 4.90 Å². The number of aliphatic imine (C=N–C) groups is 1. The minimum Gasteiger partial charge on any atom is -0.317 e. The molecule has 1 heterocycles. The Labute approximate surface area is 81.9 Å². The van der Waals surface area contributed by atoms with Crippen LogP contribution in [0.5, 0.6) is 0 Å². The fraction of sp³-hybridized carbons (Fsp3) is 0.833. The van der Waals surface area contributed by atoms with Crippen molar-refractivity contribution in [2.75, 3.05) is 6.54 Å². The second-order valence-corrected chi connectivity index (χ2v) is 3.30. The van der Waals surface area contributed by atoms with Crippen molar-refractivity contribution < 1.29 is 0 Å². The first-order valence-corrected chi connectivity index (χ1v) is 4.56. The predicted octanol–water partition coefficient (Wildman–Crippen LogP) is 0.961. The van der Waals surface area contributed by atoms with Crippen molar-refractivity contribution in [1.29, 1.82) is 0 Å². The lowest BCUT2D eigenvalue weighted by Gasteiger charge is -2.38. The van der Waals surface area contributed by atoms with Gasteiger partial charge in [0.15, 0.2) is 10.9 Å². The Morgan fingerprint density at radius 2 is 2.25 bits per heavy atom. The molecule has 12 heavy (non-hydrogen) atoms. The van der Waals surface area contributed by atoms with Gasteiger partial charge in [-0.1, -0.05) is 11.6 Å². The van der Waals surface area contributed by atoms with Crippen molar-refractivity contribution >= 4 is 28.5 Å². The normalized spacial score (nSPS) is 32.1. The minimum absolute atomic E-state index is 0.164. The first kappa shape index (κ1) is 10.1. The maximum atomic E-state index is 5.98. The lowest BCUT2D eigenvalue weighted by atomic mass is 10.5. The Hall–Kier alpha value is -0.0300. The summed E-state index contributed by atoms with van der Waals surface area (Å²) in [6, 6.07) is 0. The summed E-state index contributed by atoms with van der Waals surface area (Å²) in [6.45, 7) is 4.47. The number of alkyl halides is 1. The average Bonchev–Trinajstić information content (AvgIpc) is 2.01. The van der Waals surface area contributed by atoms with E-state index in [4.69, 9.17) is 29.0 Å². The van der Waals surface area contributed by atoms with Crippen LogP contribution in [0.1, 0.15) is 13.8 Å². The van der Waals surface area contributed by atoms with Crippen molar-refractivity contribution in [3.05, 3.63) is 0 Å². The summed E-state index contributed by atoms with van der Waals surface area (Å²) in [7, 11) is 0. The van der Waals surface area contributed by atoms with Crippen molar-refractivity contribution in [3.8, 4) is 0 Å². The summed E-state index contributed by atoms with van der Waals surface area (Å²) in [5, 5.41) is 1.88. The van der Waals surface area contributed by atoms with E-state index in [-0.39, 0.29) is 6.17 Å². The summed E-state index contributed by atoms with van der Waals surface area (Å²) in [6.07, 6.45) is -0.164. The van der Waals surface area contributed by atoms with Crippen molar-refractivity contribution in [1.82, 2.24) is 9.91 Å². The highest BCUT2D eigenvalue weighted by atomic mass is 35.5. The van der Waals surface area contributed by atoms with Crippen molar-refractivity contribution in [2.45, 2.75) is 25.6 Å². The first-order valence-electron chi connectivity index (χ1n) is 3.75. The third kappa shape index (κ3) is 1.66. The van der Waals surface area contributed by atoms with Crippen LogP contribution in [0, 0.1) is 0 Å². The van der Waals surface area contributed by atoms with Crippen molar-refractivity contribution in [3.63, 3.8) is 0 Å². The van der Waals surface area contributed by atoms with Gasteiger partial charge in [-0.3, -0.25) is 5.84 Å². The molecular weight excluding hydrogens is 199 g/mol. The standard InChI is InChI=1S/C6H12Cl2N4/c1-3-11-5(7)10-4(2)12(9)6(11)8/h4,6H,3,9H2,1-2H3. The van der Waals surface area contributed by atoms with E-state index in [0.717, 1.165) is 0 Å². The zero-order valence-electron chi connectivity index (χ0n) is 7.04. The van der Waals surface area contributed by atoms with Crippen molar-refractivity contribution in [2.24, 2.45) is 10.8 Å². The number of halogens is 2. The van der Waals surface area contributed by atoms with Gasteiger partial charge in [-0.15, -0.1) is 0 Å². The molecule has 0 saturated heterocycles. The summed E-state index contributed by atoms with van der Waals surface area (Å²) < 4.78 is 0. The molecule has 0 amide bonds.